The van der Waals surface area contributed by atoms with Crippen molar-refractivity contribution >= 4 is 23.6 Å². The van der Waals surface area contributed by atoms with Gasteiger partial charge in [-0.05, 0) is 18.2 Å². The van der Waals surface area contributed by atoms with E-state index in [1.165, 1.54) is 12.1 Å². The molecule has 0 atom stereocenters. The number of hydrogen-bond acceptors (Lipinski definition) is 1. The van der Waals surface area contributed by atoms with E-state index in [2.05, 4.69) is 4.99 Å². The summed E-state index contributed by atoms with van der Waals surface area (Å²) in [5.74, 6) is -0.425. The summed E-state index contributed by atoms with van der Waals surface area (Å²) in [6.45, 7) is 0. The molecule has 0 aromatic heterocycles. The number of benzene rings is 1. The summed E-state index contributed by atoms with van der Waals surface area (Å²) in [5, 5.41) is 0.0911. The summed E-state index contributed by atoms with van der Waals surface area (Å²) < 4.78 is 12.7. The smallest absolute Gasteiger partial charge is 0.141 e. The summed E-state index contributed by atoms with van der Waals surface area (Å²) in [6.07, 6.45) is 1.63. The molecule has 0 aliphatic carbocycles. The topological polar surface area (TPSA) is 15.6 Å². The van der Waals surface area contributed by atoms with Gasteiger partial charge in [-0.15, -0.1) is 0 Å². The van der Waals surface area contributed by atoms with E-state index < -0.39 is 5.82 Å². The lowest BCUT2D eigenvalue weighted by Gasteiger charge is -2.02. The van der Waals surface area contributed by atoms with Crippen molar-refractivity contribution in [3.8, 4) is 0 Å². The minimum Gasteiger partial charge on any atom is -0.369 e. The van der Waals surface area contributed by atoms with E-state index in [-0.39, 0.29) is 5.02 Å². The van der Waals surface area contributed by atoms with Crippen molar-refractivity contribution in [3.63, 3.8) is 0 Å². The lowest BCUT2D eigenvalue weighted by atomic mass is 10.3. The zero-order chi connectivity index (χ0) is 9.84. The van der Waals surface area contributed by atoms with Gasteiger partial charge in [0.1, 0.15) is 5.82 Å². The van der Waals surface area contributed by atoms with Crippen LogP contribution in [0.4, 0.5) is 10.1 Å². The molecule has 0 saturated carbocycles. The first-order chi connectivity index (χ1) is 6.09. The number of aliphatic imine (C=N–C) groups is 1. The van der Waals surface area contributed by atoms with Crippen molar-refractivity contribution < 1.29 is 4.39 Å². The van der Waals surface area contributed by atoms with Crippen molar-refractivity contribution in [1.82, 2.24) is 4.90 Å². The SMILES string of the molecule is CN(C)/C=N/c1ccc(F)c(Cl)c1. The van der Waals surface area contributed by atoms with Gasteiger partial charge in [0.25, 0.3) is 0 Å². The summed E-state index contributed by atoms with van der Waals surface area (Å²) in [5.41, 5.74) is 0.639. The van der Waals surface area contributed by atoms with Gasteiger partial charge in [-0.1, -0.05) is 11.6 Å². The second-order valence-electron chi connectivity index (χ2n) is 2.81. The molecule has 0 N–H and O–H groups in total. The van der Waals surface area contributed by atoms with Crippen molar-refractivity contribution in [2.24, 2.45) is 4.99 Å². The zero-order valence-corrected chi connectivity index (χ0v) is 8.22. The zero-order valence-electron chi connectivity index (χ0n) is 7.46. The second-order valence-corrected chi connectivity index (χ2v) is 3.21. The molecule has 0 fully saturated rings. The van der Waals surface area contributed by atoms with Gasteiger partial charge in [-0.2, -0.15) is 0 Å². The first-order valence-corrected chi connectivity index (χ1v) is 4.13. The highest BCUT2D eigenvalue weighted by molar-refractivity contribution is 6.31. The van der Waals surface area contributed by atoms with Gasteiger partial charge in [0.05, 0.1) is 17.0 Å². The third-order valence-corrected chi connectivity index (χ3v) is 1.63. The Labute approximate surface area is 81.7 Å². The Bertz CT molecular complexity index is 323. The molecule has 0 saturated heterocycles. The molecular formula is C9H10ClFN2. The molecule has 0 aliphatic rings. The van der Waals surface area contributed by atoms with Crippen LogP contribution in [-0.4, -0.2) is 25.3 Å². The summed E-state index contributed by atoms with van der Waals surface area (Å²) >= 11 is 5.57. The Morgan fingerprint density at radius 3 is 2.69 bits per heavy atom. The Hall–Kier alpha value is -1.09. The van der Waals surface area contributed by atoms with E-state index in [1.807, 2.05) is 14.1 Å². The quantitative estimate of drug-likeness (QED) is 0.530. The molecule has 1 rings (SSSR count). The third kappa shape index (κ3) is 3.03. The van der Waals surface area contributed by atoms with E-state index >= 15 is 0 Å². The summed E-state index contributed by atoms with van der Waals surface area (Å²) in [4.78, 5) is 5.85. The fourth-order valence-corrected chi connectivity index (χ4v) is 0.922. The maximum atomic E-state index is 12.7. The van der Waals surface area contributed by atoms with Gasteiger partial charge >= 0.3 is 0 Å². The van der Waals surface area contributed by atoms with Crippen LogP contribution in [0.25, 0.3) is 0 Å². The molecule has 0 amide bonds. The van der Waals surface area contributed by atoms with Crippen LogP contribution < -0.4 is 0 Å². The molecule has 1 aromatic rings. The Kier molecular flexibility index (Phi) is 3.25. The monoisotopic (exact) mass is 200 g/mol. The number of hydrogen-bond donors (Lipinski definition) is 0. The molecular weight excluding hydrogens is 191 g/mol. The van der Waals surface area contributed by atoms with E-state index in [4.69, 9.17) is 11.6 Å². The average molecular weight is 201 g/mol. The molecule has 0 bridgehead atoms. The van der Waals surface area contributed by atoms with Crippen LogP contribution in [-0.2, 0) is 0 Å². The molecule has 13 heavy (non-hydrogen) atoms. The standard InChI is InChI=1S/C9H10ClFN2/c1-13(2)6-12-7-3-4-9(11)8(10)5-7/h3-6H,1-2H3/b12-6+. The van der Waals surface area contributed by atoms with E-state index in [9.17, 15) is 4.39 Å². The van der Waals surface area contributed by atoms with Gasteiger partial charge in [0.2, 0.25) is 0 Å². The minimum atomic E-state index is -0.425. The largest absolute Gasteiger partial charge is 0.369 e. The third-order valence-electron chi connectivity index (χ3n) is 1.34. The van der Waals surface area contributed by atoms with Crippen LogP contribution in [0.15, 0.2) is 23.2 Å². The molecule has 0 heterocycles. The fourth-order valence-electron chi connectivity index (χ4n) is 0.747. The van der Waals surface area contributed by atoms with Crippen molar-refractivity contribution in [3.05, 3.63) is 29.0 Å². The lowest BCUT2D eigenvalue weighted by molar-refractivity contribution is 0.628. The van der Waals surface area contributed by atoms with Crippen LogP contribution in [0, 0.1) is 5.82 Å². The van der Waals surface area contributed by atoms with Crippen molar-refractivity contribution in [1.29, 1.82) is 0 Å². The molecule has 2 nitrogen and oxygen atoms in total. The van der Waals surface area contributed by atoms with Crippen molar-refractivity contribution in [2.75, 3.05) is 14.1 Å². The molecule has 4 heteroatoms. The first kappa shape index (κ1) is 9.99. The lowest BCUT2D eigenvalue weighted by Crippen LogP contribution is -2.06. The molecule has 0 spiro atoms. The molecule has 0 unspecified atom stereocenters. The van der Waals surface area contributed by atoms with Gasteiger partial charge in [0, 0.05) is 14.1 Å². The minimum absolute atomic E-state index is 0.0911. The van der Waals surface area contributed by atoms with Gasteiger partial charge in [0.15, 0.2) is 0 Å². The average Bonchev–Trinajstić information content (AvgIpc) is 2.07. The van der Waals surface area contributed by atoms with Crippen LogP contribution >= 0.6 is 11.6 Å². The van der Waals surface area contributed by atoms with Gasteiger partial charge in [-0.3, -0.25) is 0 Å². The van der Waals surface area contributed by atoms with Crippen LogP contribution in [0.3, 0.4) is 0 Å². The molecule has 1 aromatic carbocycles. The highest BCUT2D eigenvalue weighted by Crippen LogP contribution is 2.20. The van der Waals surface area contributed by atoms with E-state index in [1.54, 1.807) is 17.3 Å². The van der Waals surface area contributed by atoms with Crippen LogP contribution in [0.5, 0.6) is 0 Å². The maximum absolute atomic E-state index is 12.7. The maximum Gasteiger partial charge on any atom is 0.141 e. The van der Waals surface area contributed by atoms with Gasteiger partial charge < -0.3 is 4.90 Å². The summed E-state index contributed by atoms with van der Waals surface area (Å²) in [7, 11) is 3.71. The molecule has 70 valence electrons. The Morgan fingerprint density at radius 1 is 1.46 bits per heavy atom. The second kappa shape index (κ2) is 4.23. The number of rotatable bonds is 2. The van der Waals surface area contributed by atoms with E-state index in [0.29, 0.717) is 5.69 Å². The predicted octanol–water partition coefficient (Wildman–Crippen LogP) is 2.70. The highest BCUT2D eigenvalue weighted by Gasteiger charge is 1.98. The Balaban J connectivity index is 2.85. The van der Waals surface area contributed by atoms with Crippen molar-refractivity contribution in [2.45, 2.75) is 0 Å². The molecule has 0 radical (unpaired) electrons. The highest BCUT2D eigenvalue weighted by atomic mass is 35.5. The summed E-state index contributed by atoms with van der Waals surface area (Å²) in [6, 6.07) is 4.35. The number of nitrogens with zero attached hydrogens (tertiary/aromatic N) is 2. The fraction of sp³-hybridized carbons (Fsp3) is 0.222. The van der Waals surface area contributed by atoms with E-state index in [0.717, 1.165) is 0 Å². The van der Waals surface area contributed by atoms with Gasteiger partial charge in [-0.25, -0.2) is 9.38 Å². The predicted molar refractivity (Wildman–Crippen MR) is 53.2 cm³/mol. The van der Waals surface area contributed by atoms with Crippen LogP contribution in [0.1, 0.15) is 0 Å². The molecule has 0 aliphatic heterocycles. The van der Waals surface area contributed by atoms with Crippen LogP contribution in [0.2, 0.25) is 5.02 Å². The Morgan fingerprint density at radius 2 is 2.15 bits per heavy atom. The normalized spacial score (nSPS) is 10.8. The number of halogens is 2. The first-order valence-electron chi connectivity index (χ1n) is 3.75.